The summed E-state index contributed by atoms with van der Waals surface area (Å²) < 4.78 is 0. The Hall–Kier alpha value is -0.120. The molecule has 1 aliphatic rings. The number of piperazine rings is 1. The van der Waals surface area contributed by atoms with E-state index in [4.69, 9.17) is 0 Å². The van der Waals surface area contributed by atoms with Crippen molar-refractivity contribution in [3.05, 3.63) is 0 Å². The van der Waals surface area contributed by atoms with Crippen LogP contribution < -0.4 is 10.7 Å². The van der Waals surface area contributed by atoms with E-state index in [1.54, 1.807) is 0 Å². The zero-order chi connectivity index (χ0) is 8.32. The van der Waals surface area contributed by atoms with E-state index in [2.05, 4.69) is 36.5 Å². The Labute approximate surface area is 69.1 Å². The van der Waals surface area contributed by atoms with Crippen LogP contribution in [0.5, 0.6) is 0 Å². The molecule has 0 unspecified atom stereocenters. The minimum atomic E-state index is 0.258. The van der Waals surface area contributed by atoms with Gasteiger partial charge in [0.05, 0.1) is 0 Å². The Bertz CT molecular complexity index is 121. The lowest BCUT2D eigenvalue weighted by atomic mass is 10.0. The van der Waals surface area contributed by atoms with Gasteiger partial charge in [-0.3, -0.25) is 5.43 Å². The third-order valence-corrected chi connectivity index (χ3v) is 2.15. The number of hydrazine groups is 1. The first kappa shape index (κ1) is 8.97. The summed E-state index contributed by atoms with van der Waals surface area (Å²) in [4.78, 5) is 0. The summed E-state index contributed by atoms with van der Waals surface area (Å²) in [6.07, 6.45) is 0. The van der Waals surface area contributed by atoms with Crippen molar-refractivity contribution < 1.29 is 0 Å². The Balaban J connectivity index is 2.45. The zero-order valence-electron chi connectivity index (χ0n) is 7.78. The zero-order valence-corrected chi connectivity index (χ0v) is 7.78. The summed E-state index contributed by atoms with van der Waals surface area (Å²) in [7, 11) is 0. The van der Waals surface area contributed by atoms with Gasteiger partial charge in [0.15, 0.2) is 0 Å². The lowest BCUT2D eigenvalue weighted by molar-refractivity contribution is 0.0387. The van der Waals surface area contributed by atoms with Crippen LogP contribution in [0.2, 0.25) is 0 Å². The average Bonchev–Trinajstić information content (AvgIpc) is 1.94. The van der Waals surface area contributed by atoms with Gasteiger partial charge in [-0.05, 0) is 13.8 Å². The standard InChI is InChI=1S/C8H19N3/c1-4-10-11-6-5-9-7-8(11,2)3/h9-10H,4-7H2,1-3H3. The first-order valence-electron chi connectivity index (χ1n) is 4.38. The number of hydrogen-bond acceptors (Lipinski definition) is 3. The van der Waals surface area contributed by atoms with Gasteiger partial charge in [-0.1, -0.05) is 6.92 Å². The lowest BCUT2D eigenvalue weighted by Crippen LogP contribution is -2.62. The molecule has 66 valence electrons. The molecule has 0 aliphatic carbocycles. The van der Waals surface area contributed by atoms with Gasteiger partial charge in [-0.15, -0.1) is 0 Å². The Kier molecular flexibility index (Phi) is 2.87. The molecule has 0 radical (unpaired) electrons. The van der Waals surface area contributed by atoms with Crippen LogP contribution in [0.3, 0.4) is 0 Å². The van der Waals surface area contributed by atoms with Gasteiger partial charge in [0, 0.05) is 31.7 Å². The Morgan fingerprint density at radius 2 is 2.27 bits per heavy atom. The van der Waals surface area contributed by atoms with Crippen LogP contribution in [0, 0.1) is 0 Å². The second-order valence-electron chi connectivity index (χ2n) is 3.65. The van der Waals surface area contributed by atoms with Crippen LogP contribution in [0.15, 0.2) is 0 Å². The normalized spacial score (nSPS) is 25.4. The molecule has 0 spiro atoms. The molecule has 0 bridgehead atoms. The number of rotatable bonds is 2. The molecule has 0 aromatic heterocycles. The van der Waals surface area contributed by atoms with Crippen molar-refractivity contribution in [2.24, 2.45) is 0 Å². The Morgan fingerprint density at radius 3 is 2.82 bits per heavy atom. The number of nitrogens with zero attached hydrogens (tertiary/aromatic N) is 1. The Morgan fingerprint density at radius 1 is 1.55 bits per heavy atom. The molecule has 1 saturated heterocycles. The quantitative estimate of drug-likeness (QED) is 0.599. The van der Waals surface area contributed by atoms with Crippen molar-refractivity contribution >= 4 is 0 Å². The summed E-state index contributed by atoms with van der Waals surface area (Å²) in [5.41, 5.74) is 3.63. The second kappa shape index (κ2) is 3.52. The molecular formula is C8H19N3. The van der Waals surface area contributed by atoms with Crippen molar-refractivity contribution in [2.75, 3.05) is 26.2 Å². The molecule has 3 nitrogen and oxygen atoms in total. The number of hydrogen-bond donors (Lipinski definition) is 2. The first-order chi connectivity index (χ1) is 5.17. The smallest absolute Gasteiger partial charge is 0.0422 e. The highest BCUT2D eigenvalue weighted by molar-refractivity contribution is 4.85. The predicted octanol–water partition coefficient (Wildman–Crippen LogP) is 0.195. The minimum absolute atomic E-state index is 0.258. The van der Waals surface area contributed by atoms with Crippen molar-refractivity contribution in [2.45, 2.75) is 26.3 Å². The van der Waals surface area contributed by atoms with E-state index < -0.39 is 0 Å². The molecule has 0 saturated carbocycles. The number of nitrogens with one attached hydrogen (secondary N) is 2. The second-order valence-corrected chi connectivity index (χ2v) is 3.65. The largest absolute Gasteiger partial charge is 0.314 e. The molecule has 2 N–H and O–H groups in total. The molecule has 1 aliphatic heterocycles. The predicted molar refractivity (Wildman–Crippen MR) is 47.3 cm³/mol. The van der Waals surface area contributed by atoms with E-state index in [0.717, 1.165) is 26.2 Å². The first-order valence-corrected chi connectivity index (χ1v) is 4.38. The maximum atomic E-state index is 3.38. The van der Waals surface area contributed by atoms with Crippen molar-refractivity contribution in [1.29, 1.82) is 0 Å². The highest BCUT2D eigenvalue weighted by atomic mass is 15.5. The van der Waals surface area contributed by atoms with Gasteiger partial charge < -0.3 is 5.32 Å². The van der Waals surface area contributed by atoms with E-state index >= 15 is 0 Å². The summed E-state index contributed by atoms with van der Waals surface area (Å²) in [6.45, 7) is 10.9. The van der Waals surface area contributed by atoms with Crippen LogP contribution in [-0.4, -0.2) is 36.7 Å². The maximum absolute atomic E-state index is 3.38. The summed E-state index contributed by atoms with van der Waals surface area (Å²) in [5.74, 6) is 0. The van der Waals surface area contributed by atoms with Gasteiger partial charge in [-0.25, -0.2) is 5.01 Å². The highest BCUT2D eigenvalue weighted by Gasteiger charge is 2.28. The molecule has 1 rings (SSSR count). The van der Waals surface area contributed by atoms with E-state index in [1.165, 1.54) is 0 Å². The van der Waals surface area contributed by atoms with Gasteiger partial charge in [0.25, 0.3) is 0 Å². The fraction of sp³-hybridized carbons (Fsp3) is 1.00. The molecule has 1 heterocycles. The molecule has 0 aromatic rings. The monoisotopic (exact) mass is 157 g/mol. The van der Waals surface area contributed by atoms with Gasteiger partial charge in [0.1, 0.15) is 0 Å². The fourth-order valence-corrected chi connectivity index (χ4v) is 1.47. The summed E-state index contributed by atoms with van der Waals surface area (Å²) in [6, 6.07) is 0. The van der Waals surface area contributed by atoms with Gasteiger partial charge in [-0.2, -0.15) is 0 Å². The van der Waals surface area contributed by atoms with Crippen molar-refractivity contribution in [3.63, 3.8) is 0 Å². The van der Waals surface area contributed by atoms with E-state index in [9.17, 15) is 0 Å². The highest BCUT2D eigenvalue weighted by Crippen LogP contribution is 2.12. The molecule has 0 aromatic carbocycles. The topological polar surface area (TPSA) is 27.3 Å². The van der Waals surface area contributed by atoms with Crippen molar-refractivity contribution in [3.8, 4) is 0 Å². The molecule has 1 fully saturated rings. The third-order valence-electron chi connectivity index (χ3n) is 2.15. The fourth-order valence-electron chi connectivity index (χ4n) is 1.47. The molecule has 3 heteroatoms. The summed E-state index contributed by atoms with van der Waals surface area (Å²) in [5, 5.41) is 5.70. The van der Waals surface area contributed by atoms with Crippen LogP contribution in [0.4, 0.5) is 0 Å². The van der Waals surface area contributed by atoms with Crippen LogP contribution in [0.25, 0.3) is 0 Å². The van der Waals surface area contributed by atoms with Crippen LogP contribution in [0.1, 0.15) is 20.8 Å². The molecule has 11 heavy (non-hydrogen) atoms. The van der Waals surface area contributed by atoms with E-state index in [-0.39, 0.29) is 5.54 Å². The molecule has 0 amide bonds. The van der Waals surface area contributed by atoms with Gasteiger partial charge in [0.2, 0.25) is 0 Å². The van der Waals surface area contributed by atoms with Crippen LogP contribution >= 0.6 is 0 Å². The minimum Gasteiger partial charge on any atom is -0.314 e. The molecular weight excluding hydrogens is 138 g/mol. The van der Waals surface area contributed by atoms with E-state index in [1.807, 2.05) is 0 Å². The lowest BCUT2D eigenvalue weighted by Gasteiger charge is -2.42. The van der Waals surface area contributed by atoms with Crippen molar-refractivity contribution in [1.82, 2.24) is 15.8 Å². The van der Waals surface area contributed by atoms with E-state index in [0.29, 0.717) is 0 Å². The summed E-state index contributed by atoms with van der Waals surface area (Å²) >= 11 is 0. The van der Waals surface area contributed by atoms with Gasteiger partial charge >= 0.3 is 0 Å². The maximum Gasteiger partial charge on any atom is 0.0422 e. The average molecular weight is 157 g/mol. The molecule has 0 atom stereocenters. The third kappa shape index (κ3) is 2.15. The SMILES string of the molecule is CCNN1CCNCC1(C)C. The van der Waals surface area contributed by atoms with Crippen LogP contribution in [-0.2, 0) is 0 Å².